The molecule has 0 radical (unpaired) electrons. The summed E-state index contributed by atoms with van der Waals surface area (Å²) in [5.41, 5.74) is 5.76. The molecule has 0 fully saturated rings. The molecule has 1 aliphatic heterocycles. The van der Waals surface area contributed by atoms with Crippen LogP contribution in [0.1, 0.15) is 30.0 Å². The Morgan fingerprint density at radius 3 is 2.93 bits per heavy atom. The average molecular weight is 217 g/mol. The fourth-order valence-corrected chi connectivity index (χ4v) is 3.09. The molecular weight excluding hydrogens is 202 g/mol. The van der Waals surface area contributed by atoms with Gasteiger partial charge in [-0.3, -0.25) is 0 Å². The fraction of sp³-hybridized carbons (Fsp3) is 0.385. The van der Waals surface area contributed by atoms with Crippen molar-refractivity contribution in [3.63, 3.8) is 0 Å². The van der Waals surface area contributed by atoms with Crippen LogP contribution in [0.3, 0.4) is 0 Å². The first kappa shape index (κ1) is 9.34. The first-order valence-electron chi connectivity index (χ1n) is 5.57. The summed E-state index contributed by atoms with van der Waals surface area (Å²) in [5.74, 6) is 0. The molecule has 0 amide bonds. The van der Waals surface area contributed by atoms with Crippen LogP contribution in [0.25, 0.3) is 5.70 Å². The molecule has 1 atom stereocenters. The number of hydrogen-bond donors (Lipinski definition) is 1. The molecule has 78 valence electrons. The van der Waals surface area contributed by atoms with Crippen molar-refractivity contribution in [2.45, 2.75) is 31.6 Å². The number of fused-ring (bicyclic) bond motifs is 1. The van der Waals surface area contributed by atoms with Crippen LogP contribution in [0.15, 0.2) is 23.6 Å². The Hall–Kier alpha value is -0.890. The minimum Gasteiger partial charge on any atom is -0.372 e. The standard InChI is InChI=1S/C13H15NS/c1-9-14-13(8-15-9)12-6-5-10-3-2-4-11(10)7-12/h5-9,14H,2-4H2,1H3. The Morgan fingerprint density at radius 2 is 2.13 bits per heavy atom. The third-order valence-electron chi connectivity index (χ3n) is 3.16. The third-order valence-corrected chi connectivity index (χ3v) is 4.06. The Bertz CT molecular complexity index is 423. The van der Waals surface area contributed by atoms with E-state index in [0.717, 1.165) is 0 Å². The highest BCUT2D eigenvalue weighted by Crippen LogP contribution is 2.30. The van der Waals surface area contributed by atoms with Crippen molar-refractivity contribution in [1.29, 1.82) is 0 Å². The van der Waals surface area contributed by atoms with Crippen molar-refractivity contribution < 1.29 is 0 Å². The van der Waals surface area contributed by atoms with Crippen LogP contribution in [0.4, 0.5) is 0 Å². The van der Waals surface area contributed by atoms with Gasteiger partial charge in [-0.1, -0.05) is 12.1 Å². The molecular formula is C13H15NS. The van der Waals surface area contributed by atoms with Gasteiger partial charge in [0, 0.05) is 5.70 Å². The second kappa shape index (κ2) is 3.60. The highest BCUT2D eigenvalue weighted by molar-refractivity contribution is 8.03. The Labute approximate surface area is 95.0 Å². The van der Waals surface area contributed by atoms with Crippen LogP contribution in [0, 0.1) is 0 Å². The number of nitrogens with one attached hydrogen (secondary N) is 1. The Kier molecular flexibility index (Phi) is 2.24. The molecule has 0 aromatic heterocycles. The fourth-order valence-electron chi connectivity index (χ4n) is 2.35. The normalized spacial score (nSPS) is 23.5. The Balaban J connectivity index is 1.93. The predicted molar refractivity (Wildman–Crippen MR) is 66.6 cm³/mol. The number of benzene rings is 1. The van der Waals surface area contributed by atoms with Gasteiger partial charge in [0.25, 0.3) is 0 Å². The molecule has 2 heteroatoms. The van der Waals surface area contributed by atoms with Crippen molar-refractivity contribution in [3.05, 3.63) is 40.3 Å². The SMILES string of the molecule is CC1NC(c2ccc3c(c2)CCC3)=CS1. The molecule has 1 aliphatic carbocycles. The van der Waals surface area contributed by atoms with Gasteiger partial charge in [0.1, 0.15) is 0 Å². The summed E-state index contributed by atoms with van der Waals surface area (Å²) in [7, 11) is 0. The lowest BCUT2D eigenvalue weighted by molar-refractivity contribution is 0.891. The van der Waals surface area contributed by atoms with Gasteiger partial charge in [0.05, 0.1) is 5.37 Å². The van der Waals surface area contributed by atoms with E-state index in [2.05, 4.69) is 35.8 Å². The topological polar surface area (TPSA) is 12.0 Å². The molecule has 0 saturated carbocycles. The number of hydrogen-bond acceptors (Lipinski definition) is 2. The van der Waals surface area contributed by atoms with E-state index in [1.807, 2.05) is 11.8 Å². The minimum absolute atomic E-state index is 0.522. The molecule has 1 aromatic carbocycles. The number of aryl methyl sites for hydroxylation is 2. The van der Waals surface area contributed by atoms with Gasteiger partial charge in [-0.2, -0.15) is 0 Å². The highest BCUT2D eigenvalue weighted by Gasteiger charge is 2.16. The van der Waals surface area contributed by atoms with Crippen LogP contribution in [-0.2, 0) is 12.8 Å². The first-order valence-corrected chi connectivity index (χ1v) is 6.51. The second-order valence-electron chi connectivity index (χ2n) is 4.29. The molecule has 3 rings (SSSR count). The van der Waals surface area contributed by atoms with E-state index in [0.29, 0.717) is 5.37 Å². The molecule has 0 bridgehead atoms. The third kappa shape index (κ3) is 1.67. The molecule has 1 nitrogen and oxygen atoms in total. The van der Waals surface area contributed by atoms with Crippen LogP contribution < -0.4 is 5.32 Å². The van der Waals surface area contributed by atoms with Gasteiger partial charge in [0.15, 0.2) is 0 Å². The molecule has 0 saturated heterocycles. The first-order chi connectivity index (χ1) is 7.33. The van der Waals surface area contributed by atoms with E-state index in [-0.39, 0.29) is 0 Å². The van der Waals surface area contributed by atoms with Gasteiger partial charge in [-0.15, -0.1) is 11.8 Å². The number of thioether (sulfide) groups is 1. The molecule has 1 heterocycles. The monoisotopic (exact) mass is 217 g/mol. The number of rotatable bonds is 1. The molecule has 1 aromatic rings. The van der Waals surface area contributed by atoms with Gasteiger partial charge >= 0.3 is 0 Å². The van der Waals surface area contributed by atoms with Crippen molar-refractivity contribution in [2.75, 3.05) is 0 Å². The zero-order chi connectivity index (χ0) is 10.3. The van der Waals surface area contributed by atoms with E-state index in [1.165, 1.54) is 30.5 Å². The van der Waals surface area contributed by atoms with Gasteiger partial charge in [0.2, 0.25) is 0 Å². The van der Waals surface area contributed by atoms with Crippen LogP contribution >= 0.6 is 11.8 Å². The summed E-state index contributed by atoms with van der Waals surface area (Å²) in [4.78, 5) is 0. The average Bonchev–Trinajstić information content (AvgIpc) is 2.84. The Morgan fingerprint density at radius 1 is 1.27 bits per heavy atom. The van der Waals surface area contributed by atoms with E-state index in [1.54, 1.807) is 11.1 Å². The molecule has 1 N–H and O–H groups in total. The summed E-state index contributed by atoms with van der Waals surface area (Å²) in [6.45, 7) is 2.20. The van der Waals surface area contributed by atoms with E-state index in [9.17, 15) is 0 Å². The van der Waals surface area contributed by atoms with Crippen LogP contribution in [0.5, 0.6) is 0 Å². The molecule has 0 spiro atoms. The molecule has 1 unspecified atom stereocenters. The van der Waals surface area contributed by atoms with Crippen molar-refractivity contribution in [1.82, 2.24) is 5.32 Å². The summed E-state index contributed by atoms with van der Waals surface area (Å²) in [6, 6.07) is 6.91. The lowest BCUT2D eigenvalue weighted by Gasteiger charge is -2.09. The van der Waals surface area contributed by atoms with Gasteiger partial charge in [-0.05, 0) is 54.4 Å². The van der Waals surface area contributed by atoms with Gasteiger partial charge in [-0.25, -0.2) is 0 Å². The lowest BCUT2D eigenvalue weighted by Crippen LogP contribution is -2.15. The van der Waals surface area contributed by atoms with E-state index in [4.69, 9.17) is 0 Å². The van der Waals surface area contributed by atoms with Crippen molar-refractivity contribution >= 4 is 17.5 Å². The maximum absolute atomic E-state index is 3.49. The van der Waals surface area contributed by atoms with Crippen LogP contribution in [0.2, 0.25) is 0 Å². The van der Waals surface area contributed by atoms with E-state index >= 15 is 0 Å². The van der Waals surface area contributed by atoms with Crippen molar-refractivity contribution in [2.24, 2.45) is 0 Å². The highest BCUT2D eigenvalue weighted by atomic mass is 32.2. The maximum atomic E-state index is 3.49. The van der Waals surface area contributed by atoms with E-state index < -0.39 is 0 Å². The summed E-state index contributed by atoms with van der Waals surface area (Å²) in [5, 5.41) is 6.24. The zero-order valence-electron chi connectivity index (χ0n) is 8.92. The predicted octanol–water partition coefficient (Wildman–Crippen LogP) is 3.16. The summed E-state index contributed by atoms with van der Waals surface area (Å²) in [6.07, 6.45) is 3.86. The zero-order valence-corrected chi connectivity index (χ0v) is 9.73. The minimum atomic E-state index is 0.522. The summed E-state index contributed by atoms with van der Waals surface area (Å²) < 4.78 is 0. The lowest BCUT2D eigenvalue weighted by atomic mass is 10.0. The quantitative estimate of drug-likeness (QED) is 0.775. The van der Waals surface area contributed by atoms with Crippen molar-refractivity contribution in [3.8, 4) is 0 Å². The second-order valence-corrected chi connectivity index (χ2v) is 5.51. The smallest absolute Gasteiger partial charge is 0.0735 e. The summed E-state index contributed by atoms with van der Waals surface area (Å²) >= 11 is 1.86. The molecule has 15 heavy (non-hydrogen) atoms. The van der Waals surface area contributed by atoms with Gasteiger partial charge < -0.3 is 5.32 Å². The largest absolute Gasteiger partial charge is 0.372 e. The molecule has 2 aliphatic rings. The van der Waals surface area contributed by atoms with Crippen LogP contribution in [-0.4, -0.2) is 5.37 Å². The maximum Gasteiger partial charge on any atom is 0.0735 e.